The van der Waals surface area contributed by atoms with Gasteiger partial charge in [0.05, 0.1) is 0 Å². The number of hydrogen-bond donors (Lipinski definition) is 2. The van der Waals surface area contributed by atoms with Crippen molar-refractivity contribution in [3.05, 3.63) is 254 Å². The minimum Gasteiger partial charge on any atom is -0.507 e. The molecule has 0 aliphatic heterocycles. The predicted molar refractivity (Wildman–Crippen MR) is 236 cm³/mol. The van der Waals surface area contributed by atoms with E-state index in [0.717, 1.165) is 16.9 Å². The smallest absolute Gasteiger partial charge is 0.125 e. The average molecular weight is 794 g/mol. The minimum absolute atomic E-state index is 0. The molecule has 0 aliphatic carbocycles. The number of para-hydroxylation sites is 2. The second-order valence-corrected chi connectivity index (χ2v) is 16.3. The first kappa shape index (κ1) is 40.6. The summed E-state index contributed by atoms with van der Waals surface area (Å²) in [6, 6.07) is 83.4. The Labute approximate surface area is 338 Å². The van der Waals surface area contributed by atoms with Crippen LogP contribution in [0.4, 0.5) is 11.4 Å². The molecule has 0 saturated carbocycles. The third-order valence-electron chi connectivity index (χ3n) is 8.23. The van der Waals surface area contributed by atoms with Gasteiger partial charge in [0, 0.05) is 33.4 Å². The van der Waals surface area contributed by atoms with Crippen molar-refractivity contribution < 1.29 is 21.6 Å². The molecule has 0 unspecified atom stereocenters. The Kier molecular flexibility index (Phi) is 16.7. The summed E-state index contributed by atoms with van der Waals surface area (Å²) in [4.78, 5) is 0. The molecule has 55 heavy (non-hydrogen) atoms. The van der Waals surface area contributed by atoms with E-state index in [1.54, 1.807) is 0 Å². The Morgan fingerprint density at radius 1 is 0.418 bits per heavy atom. The minimum atomic E-state index is -0.825. The molecule has 2 nitrogen and oxygen atoms in total. The number of nitrogens with one attached hydrogen (secondary N) is 1. The van der Waals surface area contributed by atoms with E-state index in [-0.39, 0.29) is 22.3 Å². The summed E-state index contributed by atoms with van der Waals surface area (Å²) in [6.07, 6.45) is 0. The number of hydrogen-bond acceptors (Lipinski definition) is 2. The Morgan fingerprint density at radius 3 is 1.15 bits per heavy atom. The van der Waals surface area contributed by atoms with Gasteiger partial charge >= 0.3 is 0 Å². The van der Waals surface area contributed by atoms with Crippen molar-refractivity contribution in [1.29, 1.82) is 0 Å². The van der Waals surface area contributed by atoms with Gasteiger partial charge in [-0.1, -0.05) is 182 Å². The summed E-state index contributed by atoms with van der Waals surface area (Å²) < 4.78 is 0. The molecule has 0 radical (unpaired) electrons. The standard InChI is InChI=1S/C26H22NOP.C18H15P.C6H5.Ni/c28-26(24-18-10-11-19-25(24)27-21-12-4-1-5-13-21)20-29(22-14-6-2-7-15-22)23-16-8-3-9-17-23;1-4-10-16(11-5-1)19(17-12-6-2-7-13-17)18-14-8-3-9-15-18;1-2-4-6-5-3-1;/h1-20,27-28H;1-15H;1-5H;/q;;-1;/b26-20-;;;. The van der Waals surface area contributed by atoms with Gasteiger partial charge < -0.3 is 10.4 Å². The molecule has 0 aromatic heterocycles. The fraction of sp³-hybridized carbons (Fsp3) is 0. The molecule has 5 heteroatoms. The fourth-order valence-corrected chi connectivity index (χ4v) is 9.95. The number of anilines is 2. The van der Waals surface area contributed by atoms with Crippen molar-refractivity contribution in [2.75, 3.05) is 5.32 Å². The van der Waals surface area contributed by atoms with Gasteiger partial charge in [-0.2, -0.15) is 36.4 Å². The molecule has 8 aromatic carbocycles. The van der Waals surface area contributed by atoms with Crippen LogP contribution in [0.1, 0.15) is 5.56 Å². The zero-order valence-electron chi connectivity index (χ0n) is 30.3. The van der Waals surface area contributed by atoms with Crippen molar-refractivity contribution >= 4 is 59.5 Å². The van der Waals surface area contributed by atoms with E-state index >= 15 is 0 Å². The van der Waals surface area contributed by atoms with Crippen LogP contribution >= 0.6 is 15.8 Å². The van der Waals surface area contributed by atoms with Gasteiger partial charge in [-0.05, 0) is 72.4 Å². The van der Waals surface area contributed by atoms with E-state index in [9.17, 15) is 5.11 Å². The second kappa shape index (κ2) is 22.6. The maximum atomic E-state index is 11.1. The monoisotopic (exact) mass is 792 g/mol. The second-order valence-electron chi connectivity index (χ2n) is 12.0. The summed E-state index contributed by atoms with van der Waals surface area (Å²) in [5.74, 6) is 2.27. The van der Waals surface area contributed by atoms with Crippen molar-refractivity contribution in [3.63, 3.8) is 0 Å². The molecular weight excluding hydrogens is 751 g/mol. The van der Waals surface area contributed by atoms with Crippen LogP contribution in [0.3, 0.4) is 0 Å². The Hall–Kier alpha value is -5.55. The van der Waals surface area contributed by atoms with E-state index in [4.69, 9.17) is 0 Å². The Bertz CT molecular complexity index is 2080. The molecule has 0 saturated heterocycles. The van der Waals surface area contributed by atoms with Crippen LogP contribution in [0, 0.1) is 6.07 Å². The third kappa shape index (κ3) is 12.5. The molecule has 0 bridgehead atoms. The SMILES string of the molecule is O/C(=C\P(c1ccccc1)c1ccccc1)c1ccccc1Nc1ccccc1.[Ni].[c-]1ccccc1.c1ccc(P(c2ccccc2)c2ccccc2)cc1. The van der Waals surface area contributed by atoms with E-state index < -0.39 is 15.8 Å². The van der Waals surface area contributed by atoms with Crippen LogP contribution in [0.2, 0.25) is 0 Å². The van der Waals surface area contributed by atoms with E-state index in [0.29, 0.717) is 0 Å². The van der Waals surface area contributed by atoms with Gasteiger partial charge in [-0.3, -0.25) is 0 Å². The first-order chi connectivity index (χ1) is 26.8. The first-order valence-corrected chi connectivity index (χ1v) is 20.6. The van der Waals surface area contributed by atoms with Crippen LogP contribution in [0.25, 0.3) is 5.76 Å². The molecular formula is C50H42NNiOP2-. The third-order valence-corrected chi connectivity index (χ3v) is 12.9. The van der Waals surface area contributed by atoms with Crippen molar-refractivity contribution in [2.24, 2.45) is 0 Å². The van der Waals surface area contributed by atoms with E-state index in [1.807, 2.05) is 127 Å². The quantitative estimate of drug-likeness (QED) is 0.0660. The van der Waals surface area contributed by atoms with Gasteiger partial charge in [0.15, 0.2) is 0 Å². The van der Waals surface area contributed by atoms with Crippen molar-refractivity contribution in [2.45, 2.75) is 0 Å². The maximum absolute atomic E-state index is 11.1. The Morgan fingerprint density at radius 2 is 0.764 bits per heavy atom. The predicted octanol–water partition coefficient (Wildman–Crippen LogP) is 11.3. The topological polar surface area (TPSA) is 32.3 Å². The molecule has 0 atom stereocenters. The largest absolute Gasteiger partial charge is 0.507 e. The van der Waals surface area contributed by atoms with Crippen LogP contribution < -0.4 is 31.8 Å². The summed E-state index contributed by atoms with van der Waals surface area (Å²) in [5, 5.41) is 21.1. The van der Waals surface area contributed by atoms with Gasteiger partial charge in [-0.25, -0.2) is 0 Å². The number of benzene rings is 8. The summed E-state index contributed by atoms with van der Waals surface area (Å²) in [5.41, 5.74) is 2.65. The molecule has 0 spiro atoms. The normalized spacial score (nSPS) is 10.5. The average Bonchev–Trinajstić information content (AvgIpc) is 3.26. The van der Waals surface area contributed by atoms with Crippen LogP contribution in [0.15, 0.2) is 242 Å². The molecule has 0 amide bonds. The Balaban J connectivity index is 0.000000190. The molecule has 0 aliphatic rings. The van der Waals surface area contributed by atoms with Gasteiger partial charge in [-0.15, -0.1) is 0 Å². The number of aliphatic hydroxyl groups excluding tert-OH is 1. The molecule has 8 rings (SSSR count). The fourth-order valence-electron chi connectivity index (χ4n) is 5.68. The van der Waals surface area contributed by atoms with Gasteiger partial charge in [0.25, 0.3) is 0 Å². The van der Waals surface area contributed by atoms with E-state index in [1.165, 1.54) is 26.5 Å². The van der Waals surface area contributed by atoms with Crippen LogP contribution in [-0.2, 0) is 16.5 Å². The molecule has 0 fully saturated rings. The summed E-state index contributed by atoms with van der Waals surface area (Å²) in [6.45, 7) is 0. The van der Waals surface area contributed by atoms with Crippen molar-refractivity contribution in [3.8, 4) is 0 Å². The maximum Gasteiger partial charge on any atom is 0.125 e. The summed E-state index contributed by atoms with van der Waals surface area (Å²) >= 11 is 0. The summed E-state index contributed by atoms with van der Waals surface area (Å²) in [7, 11) is -1.27. The molecule has 0 heterocycles. The molecule has 274 valence electrons. The zero-order valence-corrected chi connectivity index (χ0v) is 33.0. The first-order valence-electron chi connectivity index (χ1n) is 17.8. The molecule has 2 N–H and O–H groups in total. The van der Waals surface area contributed by atoms with Crippen LogP contribution in [-0.4, -0.2) is 5.11 Å². The van der Waals surface area contributed by atoms with Crippen LogP contribution in [0.5, 0.6) is 0 Å². The number of aliphatic hydroxyl groups is 1. The zero-order chi connectivity index (χ0) is 37.0. The van der Waals surface area contributed by atoms with Gasteiger partial charge in [0.2, 0.25) is 0 Å². The molecule has 8 aromatic rings. The number of rotatable bonds is 9. The van der Waals surface area contributed by atoms with Gasteiger partial charge in [0.1, 0.15) is 5.76 Å². The van der Waals surface area contributed by atoms with E-state index in [2.05, 4.69) is 127 Å². The van der Waals surface area contributed by atoms with Crippen molar-refractivity contribution in [1.82, 2.24) is 0 Å².